The van der Waals surface area contributed by atoms with E-state index < -0.39 is 0 Å². The van der Waals surface area contributed by atoms with E-state index in [4.69, 9.17) is 46.4 Å². The van der Waals surface area contributed by atoms with Crippen LogP contribution in [0.25, 0.3) is 211 Å². The van der Waals surface area contributed by atoms with Gasteiger partial charge in [-0.25, -0.2) is 19.9 Å². The second-order valence-electron chi connectivity index (χ2n) is 33.6. The third kappa shape index (κ3) is 12.1. The molecule has 0 bridgehead atoms. The molecule has 0 amide bonds. The second kappa shape index (κ2) is 28.9. The highest BCUT2D eigenvalue weighted by atomic mass is 16.4. The highest BCUT2D eigenvalue weighted by Crippen LogP contribution is 2.52. The van der Waals surface area contributed by atoms with Gasteiger partial charge in [-0.05, 0) is 276 Å². The van der Waals surface area contributed by atoms with Crippen molar-refractivity contribution in [1.82, 2.24) is 29.1 Å². The number of oxazole rings is 4. The fraction of sp³-hybridized carbons (Fsp3) is 0.0261. The number of hydrogen-bond donors (Lipinski definition) is 0. The molecule has 0 saturated heterocycles. The van der Waals surface area contributed by atoms with Crippen molar-refractivity contribution in [3.63, 3.8) is 0 Å². The highest BCUT2D eigenvalue weighted by molar-refractivity contribution is 6.14. The van der Waals surface area contributed by atoms with Crippen molar-refractivity contribution >= 4 is 166 Å². The Kier molecular flexibility index (Phi) is 16.4. The molecule has 129 heavy (non-hydrogen) atoms. The minimum absolute atomic E-state index is 0.162. The lowest BCUT2D eigenvalue weighted by Crippen LogP contribution is -2.16. The Morgan fingerprint density at radius 2 is 0.535 bits per heavy atom. The van der Waals surface area contributed by atoms with Crippen LogP contribution in [-0.4, -0.2) is 29.1 Å². The average Bonchev–Trinajstić information content (AvgIpc) is 1.59. The molecule has 0 radical (unpaired) electrons. The smallest absolute Gasteiger partial charge is 0.227 e. The first-order valence-electron chi connectivity index (χ1n) is 43.3. The van der Waals surface area contributed by atoms with E-state index in [9.17, 15) is 0 Å². The molecule has 608 valence electrons. The summed E-state index contributed by atoms with van der Waals surface area (Å²) in [4.78, 5) is 23.8. The van der Waals surface area contributed by atoms with Crippen LogP contribution in [0.1, 0.15) is 25.0 Å². The summed E-state index contributed by atoms with van der Waals surface area (Å²) in [6.07, 6.45) is 0. The number of furan rings is 2. The molecule has 8 heterocycles. The van der Waals surface area contributed by atoms with Gasteiger partial charge in [0.25, 0.3) is 0 Å². The zero-order valence-electron chi connectivity index (χ0n) is 69.6. The molecule has 0 aliphatic heterocycles. The van der Waals surface area contributed by atoms with E-state index in [-0.39, 0.29) is 5.41 Å². The van der Waals surface area contributed by atoms with E-state index in [0.717, 1.165) is 205 Å². The maximum absolute atomic E-state index is 6.59. The van der Waals surface area contributed by atoms with E-state index in [2.05, 4.69) is 330 Å². The summed E-state index contributed by atoms with van der Waals surface area (Å²) in [5.41, 5.74) is 33.5. The molecule has 14 nitrogen and oxygen atoms in total. The molecule has 0 saturated carbocycles. The van der Waals surface area contributed by atoms with Crippen LogP contribution in [-0.2, 0) is 5.41 Å². The van der Waals surface area contributed by atoms with Gasteiger partial charge in [-0.2, -0.15) is 0 Å². The van der Waals surface area contributed by atoms with Gasteiger partial charge in [0.2, 0.25) is 23.6 Å². The molecule has 0 fully saturated rings. The lowest BCUT2D eigenvalue weighted by Gasteiger charge is -2.28. The monoisotopic (exact) mass is 1660 g/mol. The van der Waals surface area contributed by atoms with E-state index in [1.165, 1.54) is 27.8 Å². The van der Waals surface area contributed by atoms with Crippen LogP contribution >= 0.6 is 0 Å². The average molecular weight is 1660 g/mol. The van der Waals surface area contributed by atoms with Gasteiger partial charge in [-0.3, -0.25) is 0 Å². The number of rotatable bonds is 13. The van der Waals surface area contributed by atoms with Crippen LogP contribution in [0.4, 0.5) is 34.1 Å². The summed E-state index contributed by atoms with van der Waals surface area (Å²) in [5.74, 6) is 2.41. The summed E-state index contributed by atoms with van der Waals surface area (Å²) in [5, 5.41) is 8.69. The van der Waals surface area contributed by atoms with Gasteiger partial charge in [0.15, 0.2) is 22.3 Å². The van der Waals surface area contributed by atoms with Crippen molar-refractivity contribution in [3.05, 3.63) is 412 Å². The third-order valence-electron chi connectivity index (χ3n) is 25.7. The lowest BCUT2D eigenvalue weighted by molar-refractivity contribution is 0.619. The molecule has 14 heteroatoms. The Bertz CT molecular complexity index is 8880. The molecule has 18 aromatic carbocycles. The van der Waals surface area contributed by atoms with Crippen LogP contribution < -0.4 is 9.80 Å². The van der Waals surface area contributed by atoms with Gasteiger partial charge in [0.1, 0.15) is 44.4 Å². The number of nitrogens with zero attached hydrogens (tertiary/aromatic N) is 8. The molecule has 0 atom stereocenters. The maximum atomic E-state index is 6.59. The number of para-hydroxylation sites is 10. The van der Waals surface area contributed by atoms with Crippen LogP contribution in [0.2, 0.25) is 0 Å². The normalized spacial score (nSPS) is 12.5. The highest BCUT2D eigenvalue weighted by Gasteiger charge is 2.36. The summed E-state index contributed by atoms with van der Waals surface area (Å²) in [6.45, 7) is 4.66. The third-order valence-corrected chi connectivity index (χ3v) is 25.7. The molecule has 1 aliphatic carbocycles. The standard InChI is InChI=1S/C59H38N4O3.C56H34N4O3/c1-59(2)47-13-5-3-11-41(47)42-27-24-40(34-48(42)59)62(37-22-19-35(20-23-37)57-60-49-14-6-9-17-55(49)65-57)38-25-29-53-45(32-38)46-33-39(26-30-54(46)64-53)63-51-16-8-4-12-43(51)44-31-36(21-28-52(44)63)58-61-50-15-7-10-18-56(50)66-58;1-2-10-35(11-3-1)36-18-23-39(24-19-36)59(40-25-20-37(21-26-40)55-57-47-13-5-8-16-53(47)62-55)41-27-30-51-45(33-41)46-34-42(28-31-52(46)61-51)60-49-15-7-4-12-43(49)44-32-38(22-29-50(44)60)56-58-48-14-6-9-17-54(48)63-56/h3-34H,1-2H3;1-34H. The second-order valence-corrected chi connectivity index (χ2v) is 33.6. The molecule has 0 spiro atoms. The summed E-state index contributed by atoms with van der Waals surface area (Å²) in [7, 11) is 0. The van der Waals surface area contributed by atoms with Crippen LogP contribution in [0.15, 0.2) is 427 Å². The van der Waals surface area contributed by atoms with Crippen molar-refractivity contribution in [3.8, 4) is 79.4 Å². The zero-order valence-corrected chi connectivity index (χ0v) is 69.6. The minimum Gasteiger partial charge on any atom is -0.456 e. The van der Waals surface area contributed by atoms with Crippen LogP contribution in [0.5, 0.6) is 0 Å². The fourth-order valence-corrected chi connectivity index (χ4v) is 19.5. The number of benzene rings is 18. The Morgan fingerprint density at radius 3 is 0.992 bits per heavy atom. The Morgan fingerprint density at radius 1 is 0.209 bits per heavy atom. The minimum atomic E-state index is -0.162. The lowest BCUT2D eigenvalue weighted by atomic mass is 9.82. The van der Waals surface area contributed by atoms with E-state index in [1.54, 1.807) is 0 Å². The molecule has 27 rings (SSSR count). The molecule has 0 N–H and O–H groups in total. The van der Waals surface area contributed by atoms with Gasteiger partial charge in [-0.1, -0.05) is 172 Å². The van der Waals surface area contributed by atoms with Crippen LogP contribution in [0.3, 0.4) is 0 Å². The molecule has 0 unspecified atom stereocenters. The van der Waals surface area contributed by atoms with E-state index in [0.29, 0.717) is 23.6 Å². The molecular formula is C115H72N8O6. The number of anilines is 6. The van der Waals surface area contributed by atoms with Crippen molar-refractivity contribution in [2.45, 2.75) is 19.3 Å². The summed E-state index contributed by atoms with van der Waals surface area (Å²) >= 11 is 0. The van der Waals surface area contributed by atoms with Gasteiger partial charge >= 0.3 is 0 Å². The quantitative estimate of drug-likeness (QED) is 0.108. The Balaban J connectivity index is 0.000000136. The van der Waals surface area contributed by atoms with Crippen LogP contribution in [0, 0.1) is 0 Å². The topological polar surface area (TPSA) is 147 Å². The number of aromatic nitrogens is 6. The first-order chi connectivity index (χ1) is 63.6. The van der Waals surface area contributed by atoms with E-state index >= 15 is 0 Å². The largest absolute Gasteiger partial charge is 0.456 e. The Labute approximate surface area is 736 Å². The predicted octanol–water partition coefficient (Wildman–Crippen LogP) is 31.5. The van der Waals surface area contributed by atoms with E-state index in [1.807, 2.05) is 103 Å². The van der Waals surface area contributed by atoms with Crippen molar-refractivity contribution in [2.75, 3.05) is 9.80 Å². The molecular weight excluding hydrogens is 1590 g/mol. The van der Waals surface area contributed by atoms with Crippen molar-refractivity contribution < 1.29 is 26.5 Å². The number of fused-ring (bicyclic) bond motifs is 19. The molecule has 1 aliphatic rings. The SMILES string of the molecule is CC1(C)c2ccccc2-c2ccc(N(c3ccc(-c4nc5ccccc5o4)cc3)c3ccc4oc5ccc(-n6c7ccccc7c7cc(-c8nc9ccccc9o8)ccc76)cc5c4c3)cc21.c1ccc(-c2ccc(N(c3ccc(-c4nc5ccccc5o4)cc3)c3ccc4oc5ccc(-n6c7ccccc7c7cc(-c8nc9ccccc9o8)ccc76)cc5c4c3)cc2)cc1. The van der Waals surface area contributed by atoms with Gasteiger partial charge < -0.3 is 45.4 Å². The van der Waals surface area contributed by atoms with Crippen molar-refractivity contribution in [2.24, 2.45) is 0 Å². The maximum Gasteiger partial charge on any atom is 0.227 e. The molecule has 26 aromatic rings. The summed E-state index contributed by atoms with van der Waals surface area (Å²) < 4.78 is 42.5. The van der Waals surface area contributed by atoms with Gasteiger partial charge in [0.05, 0.1) is 22.1 Å². The number of hydrogen-bond acceptors (Lipinski definition) is 12. The predicted molar refractivity (Wildman–Crippen MR) is 520 cm³/mol. The fourth-order valence-electron chi connectivity index (χ4n) is 19.5. The first-order valence-corrected chi connectivity index (χ1v) is 43.3. The first kappa shape index (κ1) is 73.2. The molecule has 8 aromatic heterocycles. The van der Waals surface area contributed by atoms with Gasteiger partial charge in [-0.15, -0.1) is 0 Å². The van der Waals surface area contributed by atoms with Gasteiger partial charge in [0, 0.05) is 116 Å². The van der Waals surface area contributed by atoms with Crippen molar-refractivity contribution in [1.29, 1.82) is 0 Å². The summed E-state index contributed by atoms with van der Waals surface area (Å²) in [6, 6.07) is 139. The Hall–Kier alpha value is -17.4. The zero-order chi connectivity index (χ0) is 85.1.